The quantitative estimate of drug-likeness (QED) is 0.864. The van der Waals surface area contributed by atoms with Gasteiger partial charge in [0.15, 0.2) is 9.84 Å². The summed E-state index contributed by atoms with van der Waals surface area (Å²) in [5.41, 5.74) is 0.605. The normalized spacial score (nSPS) is 17.9. The first-order valence-electron chi connectivity index (χ1n) is 5.46. The average Bonchev–Trinajstić information content (AvgIpc) is 2.29. The fourth-order valence-electron chi connectivity index (χ4n) is 1.94. The predicted octanol–water partition coefficient (Wildman–Crippen LogP) is 0.639. The Labute approximate surface area is 100 Å². The van der Waals surface area contributed by atoms with Gasteiger partial charge in [0, 0.05) is 19.6 Å². The van der Waals surface area contributed by atoms with E-state index in [1.807, 2.05) is 11.9 Å². The second-order valence-corrected chi connectivity index (χ2v) is 6.10. The smallest absolute Gasteiger partial charge is 0.182 e. The van der Waals surface area contributed by atoms with Gasteiger partial charge in [0.25, 0.3) is 0 Å². The van der Waals surface area contributed by atoms with Crippen LogP contribution in [0.5, 0.6) is 0 Å². The van der Waals surface area contributed by atoms with Crippen molar-refractivity contribution in [1.29, 1.82) is 0 Å². The van der Waals surface area contributed by atoms with Gasteiger partial charge < -0.3 is 10.2 Å². The molecular weight excluding hydrogens is 243 g/mol. The van der Waals surface area contributed by atoms with Crippen LogP contribution in [0.1, 0.15) is 0 Å². The SMILES string of the molecule is CNCCN1CCS(=O)(=O)c2cc(F)ccc21. The summed E-state index contributed by atoms with van der Waals surface area (Å²) in [6, 6.07) is 3.94. The highest BCUT2D eigenvalue weighted by molar-refractivity contribution is 7.91. The van der Waals surface area contributed by atoms with E-state index in [0.717, 1.165) is 12.6 Å². The summed E-state index contributed by atoms with van der Waals surface area (Å²) in [7, 11) is -1.49. The summed E-state index contributed by atoms with van der Waals surface area (Å²) in [5, 5.41) is 3.01. The number of rotatable bonds is 3. The van der Waals surface area contributed by atoms with E-state index in [-0.39, 0.29) is 10.6 Å². The second kappa shape index (κ2) is 4.62. The first kappa shape index (κ1) is 12.3. The lowest BCUT2D eigenvalue weighted by Crippen LogP contribution is -2.39. The molecule has 0 saturated carbocycles. The first-order chi connectivity index (χ1) is 8.04. The van der Waals surface area contributed by atoms with Gasteiger partial charge in [-0.3, -0.25) is 0 Å². The molecule has 6 heteroatoms. The van der Waals surface area contributed by atoms with Crippen LogP contribution in [0.25, 0.3) is 0 Å². The summed E-state index contributed by atoms with van der Waals surface area (Å²) in [5.74, 6) is -0.463. The van der Waals surface area contributed by atoms with Crippen LogP contribution in [0.2, 0.25) is 0 Å². The molecule has 0 spiro atoms. The van der Waals surface area contributed by atoms with Crippen LogP contribution in [-0.2, 0) is 9.84 Å². The number of anilines is 1. The number of halogens is 1. The first-order valence-corrected chi connectivity index (χ1v) is 7.12. The second-order valence-electron chi connectivity index (χ2n) is 4.02. The Morgan fingerprint density at radius 1 is 1.47 bits per heavy atom. The number of nitrogens with zero attached hydrogens (tertiary/aromatic N) is 1. The van der Waals surface area contributed by atoms with Crippen molar-refractivity contribution in [3.8, 4) is 0 Å². The molecule has 1 aromatic rings. The summed E-state index contributed by atoms with van der Waals surface area (Å²) in [6.45, 7) is 1.93. The topological polar surface area (TPSA) is 49.4 Å². The maximum atomic E-state index is 13.1. The predicted molar refractivity (Wildman–Crippen MR) is 64.6 cm³/mol. The minimum atomic E-state index is -3.32. The fraction of sp³-hybridized carbons (Fsp3) is 0.455. The van der Waals surface area contributed by atoms with Crippen LogP contribution in [0.3, 0.4) is 0 Å². The molecule has 4 nitrogen and oxygen atoms in total. The van der Waals surface area contributed by atoms with Gasteiger partial charge in [-0.05, 0) is 25.2 Å². The monoisotopic (exact) mass is 258 g/mol. The van der Waals surface area contributed by atoms with Gasteiger partial charge in [-0.25, -0.2) is 12.8 Å². The molecule has 0 bridgehead atoms. The molecule has 1 aliphatic rings. The minimum absolute atomic E-state index is 0.0488. The number of nitrogens with one attached hydrogen (secondary N) is 1. The van der Waals surface area contributed by atoms with Gasteiger partial charge in [-0.2, -0.15) is 0 Å². The maximum absolute atomic E-state index is 13.1. The van der Waals surface area contributed by atoms with Crippen molar-refractivity contribution in [2.75, 3.05) is 37.3 Å². The molecule has 1 N–H and O–H groups in total. The zero-order chi connectivity index (χ0) is 12.5. The van der Waals surface area contributed by atoms with E-state index in [4.69, 9.17) is 0 Å². The third-order valence-electron chi connectivity index (χ3n) is 2.86. The van der Waals surface area contributed by atoms with Gasteiger partial charge in [-0.15, -0.1) is 0 Å². The van der Waals surface area contributed by atoms with Crippen LogP contribution >= 0.6 is 0 Å². The molecule has 0 saturated heterocycles. The molecular formula is C11H15FN2O2S. The molecule has 94 valence electrons. The van der Waals surface area contributed by atoms with Crippen molar-refractivity contribution in [2.45, 2.75) is 4.90 Å². The number of hydrogen-bond donors (Lipinski definition) is 1. The van der Waals surface area contributed by atoms with Crippen LogP contribution in [0, 0.1) is 5.82 Å². The molecule has 0 aromatic heterocycles. The van der Waals surface area contributed by atoms with Crippen molar-refractivity contribution in [3.05, 3.63) is 24.0 Å². The number of sulfone groups is 1. The fourth-order valence-corrected chi connectivity index (χ4v) is 3.43. The van der Waals surface area contributed by atoms with E-state index in [1.54, 1.807) is 0 Å². The van der Waals surface area contributed by atoms with Crippen molar-refractivity contribution in [2.24, 2.45) is 0 Å². The molecule has 1 heterocycles. The zero-order valence-corrected chi connectivity index (χ0v) is 10.4. The molecule has 2 rings (SSSR count). The number of fused-ring (bicyclic) bond motifs is 1. The lowest BCUT2D eigenvalue weighted by molar-refractivity contribution is 0.582. The Morgan fingerprint density at radius 3 is 2.94 bits per heavy atom. The summed E-state index contributed by atoms with van der Waals surface area (Å²) in [4.78, 5) is 2.08. The van der Waals surface area contributed by atoms with Gasteiger partial charge >= 0.3 is 0 Å². The highest BCUT2D eigenvalue weighted by atomic mass is 32.2. The number of hydrogen-bond acceptors (Lipinski definition) is 4. The summed E-state index contributed by atoms with van der Waals surface area (Å²) >= 11 is 0. The van der Waals surface area contributed by atoms with E-state index in [9.17, 15) is 12.8 Å². The highest BCUT2D eigenvalue weighted by Gasteiger charge is 2.28. The van der Waals surface area contributed by atoms with Gasteiger partial charge in [-0.1, -0.05) is 0 Å². The lowest BCUT2D eigenvalue weighted by atomic mass is 10.2. The van der Waals surface area contributed by atoms with Crippen molar-refractivity contribution in [1.82, 2.24) is 5.32 Å². The van der Waals surface area contributed by atoms with Crippen molar-refractivity contribution >= 4 is 15.5 Å². The molecule has 0 unspecified atom stereocenters. The summed E-state index contributed by atoms with van der Waals surface area (Å²) in [6.07, 6.45) is 0. The molecule has 0 amide bonds. The maximum Gasteiger partial charge on any atom is 0.182 e. The standard InChI is InChI=1S/C11H15FN2O2S/c1-13-4-5-14-6-7-17(15,16)11-8-9(12)2-3-10(11)14/h2-3,8,13H,4-7H2,1H3. The van der Waals surface area contributed by atoms with E-state index < -0.39 is 15.7 Å². The molecule has 0 atom stereocenters. The molecule has 17 heavy (non-hydrogen) atoms. The zero-order valence-electron chi connectivity index (χ0n) is 9.61. The Hall–Kier alpha value is -1.14. The Kier molecular flexibility index (Phi) is 3.35. The molecule has 1 aliphatic heterocycles. The van der Waals surface area contributed by atoms with Crippen LogP contribution in [0.15, 0.2) is 23.1 Å². The third-order valence-corrected chi connectivity index (χ3v) is 4.58. The van der Waals surface area contributed by atoms with Gasteiger partial charge in [0.2, 0.25) is 0 Å². The number of likely N-dealkylation sites (N-methyl/N-ethyl adjacent to an activating group) is 1. The van der Waals surface area contributed by atoms with E-state index >= 15 is 0 Å². The largest absolute Gasteiger partial charge is 0.368 e. The molecule has 0 radical (unpaired) electrons. The third kappa shape index (κ3) is 2.42. The van der Waals surface area contributed by atoms with Crippen LogP contribution in [0.4, 0.5) is 10.1 Å². The van der Waals surface area contributed by atoms with E-state index in [2.05, 4.69) is 5.32 Å². The number of benzene rings is 1. The van der Waals surface area contributed by atoms with Crippen molar-refractivity contribution < 1.29 is 12.8 Å². The minimum Gasteiger partial charge on any atom is -0.368 e. The van der Waals surface area contributed by atoms with E-state index in [0.29, 0.717) is 18.8 Å². The average molecular weight is 258 g/mol. The Balaban J connectivity index is 2.41. The van der Waals surface area contributed by atoms with Crippen LogP contribution < -0.4 is 10.2 Å². The molecule has 0 aliphatic carbocycles. The molecule has 0 fully saturated rings. The van der Waals surface area contributed by atoms with E-state index in [1.165, 1.54) is 12.1 Å². The van der Waals surface area contributed by atoms with Crippen LogP contribution in [-0.4, -0.2) is 40.9 Å². The lowest BCUT2D eigenvalue weighted by Gasteiger charge is -2.30. The highest BCUT2D eigenvalue weighted by Crippen LogP contribution is 2.30. The van der Waals surface area contributed by atoms with Crippen molar-refractivity contribution in [3.63, 3.8) is 0 Å². The summed E-state index contributed by atoms with van der Waals surface area (Å²) < 4.78 is 36.8. The Morgan fingerprint density at radius 2 is 2.24 bits per heavy atom. The Bertz CT molecular complexity index is 516. The van der Waals surface area contributed by atoms with Gasteiger partial charge in [0.1, 0.15) is 5.82 Å². The van der Waals surface area contributed by atoms with Gasteiger partial charge in [0.05, 0.1) is 16.3 Å². The molecule has 1 aromatic carbocycles.